The van der Waals surface area contributed by atoms with Gasteiger partial charge in [-0.1, -0.05) is 6.07 Å². The number of aromatic nitrogens is 1. The zero-order valence-electron chi connectivity index (χ0n) is 10.5. The molecule has 20 heavy (non-hydrogen) atoms. The lowest BCUT2D eigenvalue weighted by Gasteiger charge is -2.08. The van der Waals surface area contributed by atoms with Crippen LogP contribution >= 0.6 is 0 Å². The zero-order chi connectivity index (χ0) is 14.8. The summed E-state index contributed by atoms with van der Waals surface area (Å²) in [6.07, 6.45) is 2.95. The molecule has 0 aliphatic carbocycles. The Hall–Kier alpha value is -2.48. The quantitative estimate of drug-likeness (QED) is 0.687. The molecule has 0 atom stereocenters. The van der Waals surface area contributed by atoms with Crippen LogP contribution in [0.3, 0.4) is 0 Å². The lowest BCUT2D eigenvalue weighted by atomic mass is 10.3. The Bertz CT molecular complexity index is 759. The number of anilines is 1. The molecule has 1 heterocycles. The molecule has 0 unspecified atom stereocenters. The van der Waals surface area contributed by atoms with Crippen LogP contribution < -0.4 is 4.72 Å². The molecule has 0 aliphatic rings. The van der Waals surface area contributed by atoms with E-state index < -0.39 is 14.9 Å². The predicted molar refractivity (Wildman–Crippen MR) is 72.9 cm³/mol. The highest BCUT2D eigenvalue weighted by molar-refractivity contribution is 7.92. The first-order valence-corrected chi connectivity index (χ1v) is 7.06. The highest BCUT2D eigenvalue weighted by Gasteiger charge is 2.17. The molecule has 0 saturated heterocycles. The fraction of sp³-hybridized carbons (Fsp3) is 0.0833. The smallest absolute Gasteiger partial charge is 0.270 e. The van der Waals surface area contributed by atoms with Crippen LogP contribution in [0.4, 0.5) is 11.4 Å². The molecule has 0 bridgehead atoms. The van der Waals surface area contributed by atoms with Crippen molar-refractivity contribution in [2.45, 2.75) is 11.8 Å². The van der Waals surface area contributed by atoms with Crippen molar-refractivity contribution in [3.05, 3.63) is 58.4 Å². The van der Waals surface area contributed by atoms with Crippen molar-refractivity contribution >= 4 is 21.4 Å². The molecule has 2 aromatic rings. The van der Waals surface area contributed by atoms with Gasteiger partial charge in [0.25, 0.3) is 15.7 Å². The maximum absolute atomic E-state index is 12.1. The molecule has 104 valence electrons. The molecule has 0 spiro atoms. The van der Waals surface area contributed by atoms with E-state index in [1.807, 2.05) is 0 Å². The number of aryl methyl sites for hydroxylation is 1. The summed E-state index contributed by atoms with van der Waals surface area (Å²) in [6.45, 7) is 1.78. The summed E-state index contributed by atoms with van der Waals surface area (Å²) < 4.78 is 26.6. The first-order chi connectivity index (χ1) is 9.38. The minimum atomic E-state index is -3.88. The van der Waals surface area contributed by atoms with Crippen molar-refractivity contribution in [2.75, 3.05) is 4.72 Å². The van der Waals surface area contributed by atoms with Gasteiger partial charge in [0.05, 0.1) is 21.7 Å². The number of rotatable bonds is 4. The molecule has 0 amide bonds. The van der Waals surface area contributed by atoms with Gasteiger partial charge in [-0.15, -0.1) is 0 Å². The number of pyridine rings is 1. The monoisotopic (exact) mass is 293 g/mol. The molecule has 1 aromatic heterocycles. The maximum atomic E-state index is 12.1. The normalized spacial score (nSPS) is 11.1. The lowest BCUT2D eigenvalue weighted by molar-refractivity contribution is -0.385. The number of nitrogens with one attached hydrogen (secondary N) is 1. The van der Waals surface area contributed by atoms with Gasteiger partial charge in [-0.05, 0) is 24.6 Å². The third-order valence-electron chi connectivity index (χ3n) is 2.47. The average Bonchev–Trinajstić information content (AvgIpc) is 2.38. The molecular weight excluding hydrogens is 282 g/mol. The molecule has 1 aromatic carbocycles. The van der Waals surface area contributed by atoms with Crippen molar-refractivity contribution < 1.29 is 13.3 Å². The van der Waals surface area contributed by atoms with Crippen LogP contribution in [-0.2, 0) is 10.0 Å². The summed E-state index contributed by atoms with van der Waals surface area (Å²) in [5.41, 5.74) is 0.816. The zero-order valence-corrected chi connectivity index (χ0v) is 11.3. The topological polar surface area (TPSA) is 102 Å². The number of nitrogens with zero attached hydrogens (tertiary/aromatic N) is 2. The largest absolute Gasteiger partial charge is 0.278 e. The standard InChI is InChI=1S/C12H11N3O4S/c1-9-5-10(8-13-7-9)14-20(18,19)12-4-2-3-11(6-12)15(16)17/h2-8,14H,1H3. The summed E-state index contributed by atoms with van der Waals surface area (Å²) in [4.78, 5) is 13.7. The fourth-order valence-corrected chi connectivity index (χ4v) is 2.66. The van der Waals surface area contributed by atoms with Gasteiger partial charge in [-0.2, -0.15) is 0 Å². The van der Waals surface area contributed by atoms with Crippen molar-refractivity contribution in [1.29, 1.82) is 0 Å². The molecule has 0 radical (unpaired) electrons. The Kier molecular flexibility index (Phi) is 3.66. The van der Waals surface area contributed by atoms with Crippen LogP contribution in [0.25, 0.3) is 0 Å². The van der Waals surface area contributed by atoms with Crippen LogP contribution in [-0.4, -0.2) is 18.3 Å². The number of nitro benzene ring substituents is 1. The molecular formula is C12H11N3O4S. The van der Waals surface area contributed by atoms with Gasteiger partial charge in [0.2, 0.25) is 0 Å². The minimum absolute atomic E-state index is 0.173. The van der Waals surface area contributed by atoms with E-state index in [1.54, 1.807) is 19.2 Å². The first kappa shape index (κ1) is 13.9. The molecule has 2 rings (SSSR count). The second-order valence-corrected chi connectivity index (χ2v) is 5.79. The first-order valence-electron chi connectivity index (χ1n) is 5.57. The highest BCUT2D eigenvalue weighted by atomic mass is 32.2. The van der Waals surface area contributed by atoms with Crippen LogP contribution in [0.15, 0.2) is 47.6 Å². The van der Waals surface area contributed by atoms with Gasteiger partial charge in [0, 0.05) is 18.3 Å². The maximum Gasteiger partial charge on any atom is 0.270 e. The number of benzene rings is 1. The second kappa shape index (κ2) is 5.25. The number of hydrogen-bond acceptors (Lipinski definition) is 5. The molecule has 1 N–H and O–H groups in total. The van der Waals surface area contributed by atoms with Crippen molar-refractivity contribution in [3.63, 3.8) is 0 Å². The fourth-order valence-electron chi connectivity index (χ4n) is 1.59. The van der Waals surface area contributed by atoms with E-state index in [0.717, 1.165) is 11.6 Å². The number of hydrogen-bond donors (Lipinski definition) is 1. The Morgan fingerprint density at radius 2 is 2.00 bits per heavy atom. The Morgan fingerprint density at radius 3 is 2.65 bits per heavy atom. The van der Waals surface area contributed by atoms with Crippen LogP contribution in [0, 0.1) is 17.0 Å². The molecule has 0 fully saturated rings. The van der Waals surface area contributed by atoms with Crippen LogP contribution in [0.1, 0.15) is 5.56 Å². The number of nitro groups is 1. The van der Waals surface area contributed by atoms with Gasteiger partial charge >= 0.3 is 0 Å². The average molecular weight is 293 g/mol. The minimum Gasteiger partial charge on any atom is -0.278 e. The summed E-state index contributed by atoms with van der Waals surface area (Å²) >= 11 is 0. The van der Waals surface area contributed by atoms with E-state index in [0.29, 0.717) is 5.69 Å². The van der Waals surface area contributed by atoms with Gasteiger partial charge in [0.15, 0.2) is 0 Å². The third-order valence-corrected chi connectivity index (χ3v) is 3.84. The summed E-state index contributed by atoms with van der Waals surface area (Å²) in [5.74, 6) is 0. The highest BCUT2D eigenvalue weighted by Crippen LogP contribution is 2.20. The Morgan fingerprint density at radius 1 is 1.25 bits per heavy atom. The second-order valence-electron chi connectivity index (χ2n) is 4.11. The molecule has 0 saturated carbocycles. The Labute approximate surface area is 115 Å². The lowest BCUT2D eigenvalue weighted by Crippen LogP contribution is -2.13. The molecule has 7 nitrogen and oxygen atoms in total. The summed E-state index contributed by atoms with van der Waals surface area (Å²) in [5, 5.41) is 10.7. The van der Waals surface area contributed by atoms with E-state index in [4.69, 9.17) is 0 Å². The summed E-state index contributed by atoms with van der Waals surface area (Å²) in [7, 11) is -3.88. The van der Waals surface area contributed by atoms with E-state index in [2.05, 4.69) is 9.71 Å². The molecule has 0 aliphatic heterocycles. The van der Waals surface area contributed by atoms with Gasteiger partial charge in [-0.25, -0.2) is 8.42 Å². The van der Waals surface area contributed by atoms with Crippen molar-refractivity contribution in [2.24, 2.45) is 0 Å². The van der Waals surface area contributed by atoms with Crippen LogP contribution in [0.5, 0.6) is 0 Å². The van der Waals surface area contributed by atoms with Crippen molar-refractivity contribution in [1.82, 2.24) is 4.98 Å². The van der Waals surface area contributed by atoms with Gasteiger partial charge in [0.1, 0.15) is 0 Å². The Balaban J connectivity index is 2.35. The van der Waals surface area contributed by atoms with E-state index in [9.17, 15) is 18.5 Å². The summed E-state index contributed by atoms with van der Waals surface area (Å²) in [6, 6.07) is 6.46. The third kappa shape index (κ3) is 3.09. The number of non-ortho nitro benzene ring substituents is 1. The predicted octanol–water partition coefficient (Wildman–Crippen LogP) is 2.10. The SMILES string of the molecule is Cc1cncc(NS(=O)(=O)c2cccc([N+](=O)[O-])c2)c1. The van der Waals surface area contributed by atoms with E-state index in [1.165, 1.54) is 24.4 Å². The van der Waals surface area contributed by atoms with Crippen LogP contribution in [0.2, 0.25) is 0 Å². The van der Waals surface area contributed by atoms with E-state index in [-0.39, 0.29) is 10.6 Å². The van der Waals surface area contributed by atoms with Gasteiger partial charge in [-0.3, -0.25) is 19.8 Å². The molecule has 8 heteroatoms. The van der Waals surface area contributed by atoms with Crippen molar-refractivity contribution in [3.8, 4) is 0 Å². The number of sulfonamides is 1. The van der Waals surface area contributed by atoms with Gasteiger partial charge < -0.3 is 0 Å². The van der Waals surface area contributed by atoms with E-state index >= 15 is 0 Å².